The summed E-state index contributed by atoms with van der Waals surface area (Å²) in [6.07, 6.45) is 2.29. The fraction of sp³-hybridized carbons (Fsp3) is 0.611. The van der Waals surface area contributed by atoms with Crippen molar-refractivity contribution >= 4 is 15.9 Å². The van der Waals surface area contributed by atoms with Crippen LogP contribution in [-0.4, -0.2) is 56.0 Å². The molecule has 0 saturated carbocycles. The molecule has 2 rings (SSSR count). The normalized spacial score (nSPS) is 17.1. The zero-order chi connectivity index (χ0) is 17.9. The molecule has 5 nitrogen and oxygen atoms in total. The van der Waals surface area contributed by atoms with E-state index in [9.17, 15) is 13.2 Å². The Kier molecular flexibility index (Phi) is 6.04. The van der Waals surface area contributed by atoms with Gasteiger partial charge >= 0.3 is 0 Å². The van der Waals surface area contributed by atoms with Crippen molar-refractivity contribution in [2.75, 3.05) is 32.4 Å². The van der Waals surface area contributed by atoms with Crippen molar-refractivity contribution in [2.45, 2.75) is 39.5 Å². The van der Waals surface area contributed by atoms with Crippen LogP contribution in [0.15, 0.2) is 18.2 Å². The van der Waals surface area contributed by atoms with Crippen molar-refractivity contribution in [3.8, 4) is 0 Å². The van der Waals surface area contributed by atoms with Crippen LogP contribution >= 0.6 is 0 Å². The quantitative estimate of drug-likeness (QED) is 0.834. The van der Waals surface area contributed by atoms with Crippen LogP contribution in [0.25, 0.3) is 0 Å². The summed E-state index contributed by atoms with van der Waals surface area (Å²) >= 11 is 0. The van der Waals surface area contributed by atoms with E-state index < -0.39 is 10.0 Å². The van der Waals surface area contributed by atoms with E-state index in [1.165, 1.54) is 16.1 Å². The average molecular weight is 353 g/mol. The predicted molar refractivity (Wildman–Crippen MR) is 96.6 cm³/mol. The van der Waals surface area contributed by atoms with E-state index in [0.717, 1.165) is 11.1 Å². The Hall–Kier alpha value is -1.40. The summed E-state index contributed by atoms with van der Waals surface area (Å²) in [5.74, 6) is 0.510. The summed E-state index contributed by atoms with van der Waals surface area (Å²) in [7, 11) is -3.18. The second-order valence-corrected chi connectivity index (χ2v) is 8.90. The molecule has 1 aliphatic rings. The van der Waals surface area contributed by atoms with E-state index in [-0.39, 0.29) is 5.91 Å². The summed E-state index contributed by atoms with van der Waals surface area (Å²) in [5.41, 5.74) is 3.43. The first-order chi connectivity index (χ1) is 11.2. The summed E-state index contributed by atoms with van der Waals surface area (Å²) in [5, 5.41) is 0. The minimum Gasteiger partial charge on any atom is -0.341 e. The van der Waals surface area contributed by atoms with Crippen LogP contribution in [0.2, 0.25) is 0 Å². The molecule has 0 atom stereocenters. The smallest absolute Gasteiger partial charge is 0.227 e. The Morgan fingerprint density at radius 2 is 1.88 bits per heavy atom. The molecule has 1 aromatic carbocycles. The zero-order valence-electron chi connectivity index (χ0n) is 15.1. The van der Waals surface area contributed by atoms with E-state index >= 15 is 0 Å². The van der Waals surface area contributed by atoms with Gasteiger partial charge in [0.05, 0.1) is 12.7 Å². The lowest BCUT2D eigenvalue weighted by atomic mass is 9.96. The largest absolute Gasteiger partial charge is 0.341 e. The van der Waals surface area contributed by atoms with Crippen LogP contribution in [-0.2, 0) is 21.2 Å². The molecule has 6 heteroatoms. The molecule has 0 N–H and O–H groups in total. The molecule has 1 aliphatic heterocycles. The second-order valence-electron chi connectivity index (χ2n) is 6.91. The van der Waals surface area contributed by atoms with E-state index in [2.05, 4.69) is 32.0 Å². The Bertz CT molecular complexity index is 698. The van der Waals surface area contributed by atoms with Crippen molar-refractivity contribution in [3.63, 3.8) is 0 Å². The highest BCUT2D eigenvalue weighted by Gasteiger charge is 2.24. The number of carbonyl (C=O) groups excluding carboxylic acids is 1. The molecule has 1 amide bonds. The molecule has 0 aromatic heterocycles. The third kappa shape index (κ3) is 4.80. The Morgan fingerprint density at radius 1 is 1.17 bits per heavy atom. The fourth-order valence-electron chi connectivity index (χ4n) is 2.99. The number of hydrogen-bond donors (Lipinski definition) is 0. The molecule has 0 spiro atoms. The zero-order valence-corrected chi connectivity index (χ0v) is 15.9. The molecule has 1 saturated heterocycles. The molecule has 1 aromatic rings. The number of sulfonamides is 1. The van der Waals surface area contributed by atoms with Crippen molar-refractivity contribution in [1.82, 2.24) is 9.21 Å². The highest BCUT2D eigenvalue weighted by Crippen LogP contribution is 2.20. The van der Waals surface area contributed by atoms with Gasteiger partial charge in [0, 0.05) is 26.2 Å². The van der Waals surface area contributed by atoms with Crippen LogP contribution in [0.3, 0.4) is 0 Å². The lowest BCUT2D eigenvalue weighted by Gasteiger charge is -2.22. The first-order valence-electron chi connectivity index (χ1n) is 8.51. The monoisotopic (exact) mass is 352 g/mol. The molecule has 1 heterocycles. The van der Waals surface area contributed by atoms with Gasteiger partial charge in [0.2, 0.25) is 15.9 Å². The Labute approximate surface area is 145 Å². The predicted octanol–water partition coefficient (Wildman–Crippen LogP) is 2.15. The number of carbonyl (C=O) groups is 1. The van der Waals surface area contributed by atoms with E-state index in [4.69, 9.17) is 0 Å². The highest BCUT2D eigenvalue weighted by molar-refractivity contribution is 7.88. The molecule has 0 bridgehead atoms. The lowest BCUT2D eigenvalue weighted by Crippen LogP contribution is -2.37. The molecule has 1 fully saturated rings. The third-order valence-electron chi connectivity index (χ3n) is 4.66. The molecule has 0 radical (unpaired) electrons. The van der Waals surface area contributed by atoms with Gasteiger partial charge < -0.3 is 4.90 Å². The van der Waals surface area contributed by atoms with Gasteiger partial charge in [-0.1, -0.05) is 32.0 Å². The van der Waals surface area contributed by atoms with Gasteiger partial charge in [-0.2, -0.15) is 0 Å². The molecule has 0 aliphatic carbocycles. The van der Waals surface area contributed by atoms with Crippen LogP contribution in [0.1, 0.15) is 42.9 Å². The van der Waals surface area contributed by atoms with Gasteiger partial charge in [-0.15, -0.1) is 0 Å². The minimum absolute atomic E-state index is 0.0781. The van der Waals surface area contributed by atoms with E-state index in [1.54, 1.807) is 4.90 Å². The van der Waals surface area contributed by atoms with Crippen molar-refractivity contribution < 1.29 is 13.2 Å². The fourth-order valence-corrected chi connectivity index (χ4v) is 3.86. The van der Waals surface area contributed by atoms with Crippen LogP contribution in [0.4, 0.5) is 0 Å². The van der Waals surface area contributed by atoms with Crippen LogP contribution < -0.4 is 0 Å². The number of amides is 1. The van der Waals surface area contributed by atoms with E-state index in [1.807, 2.05) is 6.92 Å². The van der Waals surface area contributed by atoms with Gasteiger partial charge in [-0.3, -0.25) is 4.79 Å². The summed E-state index contributed by atoms with van der Waals surface area (Å²) < 4.78 is 24.8. The summed E-state index contributed by atoms with van der Waals surface area (Å²) in [4.78, 5) is 14.5. The lowest BCUT2D eigenvalue weighted by molar-refractivity contribution is -0.130. The Balaban J connectivity index is 2.06. The van der Waals surface area contributed by atoms with Crippen LogP contribution in [0, 0.1) is 6.92 Å². The molecular weight excluding hydrogens is 324 g/mol. The number of nitrogens with zero attached hydrogens (tertiary/aromatic N) is 2. The number of hydrogen-bond acceptors (Lipinski definition) is 3. The SMILES string of the molecule is Cc1ccc(C(C)C)cc1CC(=O)N1CCCN(S(C)(=O)=O)CC1. The van der Waals surface area contributed by atoms with Gasteiger partial charge in [-0.05, 0) is 36.0 Å². The first-order valence-corrected chi connectivity index (χ1v) is 10.4. The van der Waals surface area contributed by atoms with Crippen LogP contribution in [0.5, 0.6) is 0 Å². The topological polar surface area (TPSA) is 57.7 Å². The maximum atomic E-state index is 12.7. The average Bonchev–Trinajstić information content (AvgIpc) is 2.75. The maximum Gasteiger partial charge on any atom is 0.227 e. The van der Waals surface area contributed by atoms with Crippen molar-refractivity contribution in [2.24, 2.45) is 0 Å². The molecule has 0 unspecified atom stereocenters. The number of rotatable bonds is 4. The first kappa shape index (κ1) is 18.9. The van der Waals surface area contributed by atoms with Crippen molar-refractivity contribution in [3.05, 3.63) is 34.9 Å². The van der Waals surface area contributed by atoms with Gasteiger partial charge in [0.15, 0.2) is 0 Å². The van der Waals surface area contributed by atoms with Gasteiger partial charge in [0.25, 0.3) is 0 Å². The summed E-state index contributed by atoms with van der Waals surface area (Å²) in [6, 6.07) is 6.31. The van der Waals surface area contributed by atoms with E-state index in [0.29, 0.717) is 44.9 Å². The van der Waals surface area contributed by atoms with Gasteiger partial charge in [0.1, 0.15) is 0 Å². The standard InChI is InChI=1S/C18H28N2O3S/c1-14(2)16-7-6-15(3)17(12-16)13-18(21)19-8-5-9-20(11-10-19)24(4,22)23/h6-7,12,14H,5,8-11,13H2,1-4H3. The summed E-state index contributed by atoms with van der Waals surface area (Å²) in [6.45, 7) is 8.28. The molecule has 24 heavy (non-hydrogen) atoms. The third-order valence-corrected chi connectivity index (χ3v) is 5.96. The minimum atomic E-state index is -3.18. The highest BCUT2D eigenvalue weighted by atomic mass is 32.2. The van der Waals surface area contributed by atoms with Crippen molar-refractivity contribution in [1.29, 1.82) is 0 Å². The van der Waals surface area contributed by atoms with Gasteiger partial charge in [-0.25, -0.2) is 12.7 Å². The number of aryl methyl sites for hydroxylation is 1. The number of benzene rings is 1. The molecular formula is C18H28N2O3S. The molecule has 134 valence electrons. The maximum absolute atomic E-state index is 12.7. The second kappa shape index (κ2) is 7.66. The Morgan fingerprint density at radius 3 is 2.50 bits per heavy atom.